The highest BCUT2D eigenvalue weighted by atomic mass is 32.2. The molecule has 4 heteroatoms. The Morgan fingerprint density at radius 3 is 2.26 bits per heavy atom. The van der Waals surface area contributed by atoms with Gasteiger partial charge in [-0.25, -0.2) is 8.42 Å². The summed E-state index contributed by atoms with van der Waals surface area (Å²) in [5.41, 5.74) is 0. The Hall–Kier alpha value is -0.0900. The molecule has 1 aliphatic rings. The molecule has 1 unspecified atom stereocenters. The Labute approximate surface area is 119 Å². The molecule has 0 aliphatic heterocycles. The van der Waals surface area contributed by atoms with Gasteiger partial charge in [0.2, 0.25) is 0 Å². The Morgan fingerprint density at radius 2 is 1.79 bits per heavy atom. The summed E-state index contributed by atoms with van der Waals surface area (Å²) in [4.78, 5) is 0. The number of nitrogens with one attached hydrogen (secondary N) is 1. The second-order valence-corrected chi connectivity index (χ2v) is 9.69. The van der Waals surface area contributed by atoms with Gasteiger partial charge in [-0.2, -0.15) is 0 Å². The van der Waals surface area contributed by atoms with Gasteiger partial charge in [-0.3, -0.25) is 0 Å². The molecule has 1 rings (SSSR count). The average molecular weight is 289 g/mol. The van der Waals surface area contributed by atoms with E-state index in [1.807, 2.05) is 0 Å². The Bertz CT molecular complexity index is 351. The lowest BCUT2D eigenvalue weighted by Crippen LogP contribution is -2.34. The molecule has 1 aliphatic carbocycles. The van der Waals surface area contributed by atoms with E-state index in [-0.39, 0.29) is 0 Å². The Balaban J connectivity index is 2.57. The van der Waals surface area contributed by atoms with Gasteiger partial charge in [0.15, 0.2) is 9.84 Å². The van der Waals surface area contributed by atoms with E-state index in [9.17, 15) is 8.42 Å². The zero-order chi connectivity index (χ0) is 14.5. The van der Waals surface area contributed by atoms with Gasteiger partial charge < -0.3 is 5.32 Å². The minimum absolute atomic E-state index is 0.336. The van der Waals surface area contributed by atoms with Gasteiger partial charge in [-0.15, -0.1) is 0 Å². The summed E-state index contributed by atoms with van der Waals surface area (Å²) in [6.45, 7) is 9.46. The van der Waals surface area contributed by atoms with Crippen LogP contribution in [0.1, 0.15) is 59.8 Å². The molecule has 0 aromatic heterocycles. The third-order valence-electron chi connectivity index (χ3n) is 4.41. The van der Waals surface area contributed by atoms with Gasteiger partial charge in [0, 0.05) is 0 Å². The van der Waals surface area contributed by atoms with Crippen LogP contribution in [0, 0.1) is 11.8 Å². The summed E-state index contributed by atoms with van der Waals surface area (Å²) >= 11 is 0. The highest BCUT2D eigenvalue weighted by Crippen LogP contribution is 2.33. The minimum atomic E-state index is -2.98. The van der Waals surface area contributed by atoms with E-state index < -0.39 is 14.6 Å². The number of hydrogen-bond acceptors (Lipinski definition) is 3. The van der Waals surface area contributed by atoms with Crippen LogP contribution in [0.5, 0.6) is 0 Å². The summed E-state index contributed by atoms with van der Waals surface area (Å²) in [6.07, 6.45) is 6.02. The van der Waals surface area contributed by atoms with Gasteiger partial charge in [0.1, 0.15) is 0 Å². The molecule has 19 heavy (non-hydrogen) atoms. The van der Waals surface area contributed by atoms with E-state index in [0.717, 1.165) is 25.4 Å². The van der Waals surface area contributed by atoms with Gasteiger partial charge in [0.25, 0.3) is 0 Å². The van der Waals surface area contributed by atoms with Crippen molar-refractivity contribution in [2.75, 3.05) is 18.8 Å². The zero-order valence-electron chi connectivity index (χ0n) is 13.0. The van der Waals surface area contributed by atoms with Crippen LogP contribution in [0.15, 0.2) is 0 Å². The fourth-order valence-electron chi connectivity index (χ4n) is 2.88. The second-order valence-electron chi connectivity index (χ2n) is 6.83. The van der Waals surface area contributed by atoms with Crippen LogP contribution in [-0.4, -0.2) is 32.0 Å². The maximum absolute atomic E-state index is 12.2. The van der Waals surface area contributed by atoms with Crippen molar-refractivity contribution in [3.8, 4) is 0 Å². The topological polar surface area (TPSA) is 46.2 Å². The van der Waals surface area contributed by atoms with Gasteiger partial charge in [-0.05, 0) is 52.1 Å². The van der Waals surface area contributed by atoms with Crippen LogP contribution in [-0.2, 0) is 9.84 Å². The molecule has 0 radical (unpaired) electrons. The third kappa shape index (κ3) is 5.07. The summed E-state index contributed by atoms with van der Waals surface area (Å²) in [5.74, 6) is 1.59. The van der Waals surface area contributed by atoms with Crippen LogP contribution in [0.25, 0.3) is 0 Å². The van der Waals surface area contributed by atoms with Crippen molar-refractivity contribution in [1.29, 1.82) is 0 Å². The first-order valence-corrected chi connectivity index (χ1v) is 9.36. The van der Waals surface area contributed by atoms with Crippen LogP contribution < -0.4 is 5.32 Å². The number of rotatable bonds is 7. The lowest BCUT2D eigenvalue weighted by molar-refractivity contribution is 0.316. The summed E-state index contributed by atoms with van der Waals surface area (Å²) in [7, 11) is -2.98. The molecule has 3 nitrogen and oxygen atoms in total. The first-order valence-electron chi connectivity index (χ1n) is 7.71. The molecule has 0 spiro atoms. The summed E-state index contributed by atoms with van der Waals surface area (Å²) in [6, 6.07) is 0. The van der Waals surface area contributed by atoms with Crippen molar-refractivity contribution in [2.45, 2.75) is 64.5 Å². The van der Waals surface area contributed by atoms with Crippen molar-refractivity contribution < 1.29 is 8.42 Å². The maximum atomic E-state index is 12.2. The fourth-order valence-corrected chi connectivity index (χ4v) is 4.10. The van der Waals surface area contributed by atoms with Crippen molar-refractivity contribution in [1.82, 2.24) is 5.32 Å². The predicted molar refractivity (Wildman–Crippen MR) is 82.1 cm³/mol. The molecule has 1 saturated carbocycles. The molecule has 1 atom stereocenters. The number of hydrogen-bond donors (Lipinski definition) is 1. The highest BCUT2D eigenvalue weighted by molar-refractivity contribution is 7.92. The highest BCUT2D eigenvalue weighted by Gasteiger charge is 2.31. The molecule has 1 fully saturated rings. The van der Waals surface area contributed by atoms with E-state index in [2.05, 4.69) is 12.2 Å². The van der Waals surface area contributed by atoms with Crippen molar-refractivity contribution in [3.05, 3.63) is 0 Å². The van der Waals surface area contributed by atoms with Gasteiger partial charge >= 0.3 is 0 Å². The monoisotopic (exact) mass is 289 g/mol. The molecule has 0 heterocycles. The zero-order valence-corrected chi connectivity index (χ0v) is 13.9. The van der Waals surface area contributed by atoms with E-state index in [4.69, 9.17) is 0 Å². The lowest BCUT2D eigenvalue weighted by atomic mass is 9.88. The van der Waals surface area contributed by atoms with Gasteiger partial charge in [-0.1, -0.05) is 32.6 Å². The molecule has 0 amide bonds. The molecule has 0 aromatic carbocycles. The summed E-state index contributed by atoms with van der Waals surface area (Å²) < 4.78 is 23.8. The van der Waals surface area contributed by atoms with Gasteiger partial charge in [0.05, 0.1) is 10.5 Å². The lowest BCUT2D eigenvalue weighted by Gasteiger charge is -2.26. The summed E-state index contributed by atoms with van der Waals surface area (Å²) in [5, 5.41) is 3.41. The molecule has 0 aromatic rings. The van der Waals surface area contributed by atoms with Crippen molar-refractivity contribution >= 4 is 9.84 Å². The molecular formula is C15H31NO2S. The van der Waals surface area contributed by atoms with E-state index in [0.29, 0.717) is 11.7 Å². The number of sulfone groups is 1. The van der Waals surface area contributed by atoms with E-state index in [1.165, 1.54) is 25.7 Å². The largest absolute Gasteiger partial charge is 0.317 e. The first kappa shape index (κ1) is 17.0. The van der Waals surface area contributed by atoms with Crippen LogP contribution in [0.3, 0.4) is 0 Å². The molecule has 0 bridgehead atoms. The van der Waals surface area contributed by atoms with Crippen molar-refractivity contribution in [2.24, 2.45) is 11.8 Å². The Kier molecular flexibility index (Phi) is 6.31. The molecule has 0 saturated heterocycles. The van der Waals surface area contributed by atoms with E-state index >= 15 is 0 Å². The second kappa shape index (κ2) is 7.07. The quantitative estimate of drug-likeness (QED) is 0.783. The fraction of sp³-hybridized carbons (Fsp3) is 1.00. The Morgan fingerprint density at radius 1 is 1.21 bits per heavy atom. The molecule has 1 N–H and O–H groups in total. The molecular weight excluding hydrogens is 258 g/mol. The first-order chi connectivity index (χ1) is 8.78. The van der Waals surface area contributed by atoms with E-state index in [1.54, 1.807) is 20.8 Å². The average Bonchev–Trinajstić information content (AvgIpc) is 2.81. The predicted octanol–water partition coefficient (Wildman–Crippen LogP) is 3.01. The normalized spacial score (nSPS) is 19.8. The molecule has 114 valence electrons. The van der Waals surface area contributed by atoms with Crippen LogP contribution in [0.4, 0.5) is 0 Å². The standard InChI is InChI=1S/C15H31NO2S/c1-5-16-12-14(13-8-6-7-9-13)10-11-19(17,18)15(2,3)4/h13-14,16H,5-12H2,1-4H3. The van der Waals surface area contributed by atoms with Crippen molar-refractivity contribution in [3.63, 3.8) is 0 Å². The minimum Gasteiger partial charge on any atom is -0.317 e. The van der Waals surface area contributed by atoms with Crippen LogP contribution in [0.2, 0.25) is 0 Å². The third-order valence-corrected chi connectivity index (χ3v) is 7.05. The maximum Gasteiger partial charge on any atom is 0.155 e. The SMILES string of the molecule is CCNCC(CCS(=O)(=O)C(C)(C)C)C1CCCC1. The smallest absolute Gasteiger partial charge is 0.155 e. The van der Waals surface area contributed by atoms with Crippen LogP contribution >= 0.6 is 0 Å².